The Balaban J connectivity index is 0.000000370. The van der Waals surface area contributed by atoms with Crippen molar-refractivity contribution in [1.82, 2.24) is 14.4 Å². The van der Waals surface area contributed by atoms with Crippen LogP contribution in [0.4, 0.5) is 0 Å². The van der Waals surface area contributed by atoms with Gasteiger partial charge in [0, 0.05) is 5.54 Å². The van der Waals surface area contributed by atoms with Gasteiger partial charge in [-0.3, -0.25) is 4.79 Å². The predicted octanol–water partition coefficient (Wildman–Crippen LogP) is 0.985. The maximum Gasteiger partial charge on any atom is 0.347 e. The molecule has 1 heterocycles. The average Bonchev–Trinajstić information content (AvgIpc) is 3.46. The summed E-state index contributed by atoms with van der Waals surface area (Å²) in [7, 11) is -1.40. The van der Waals surface area contributed by atoms with Crippen molar-refractivity contribution in [3.05, 3.63) is 39.0 Å². The molecule has 0 aliphatic heterocycles. The standard InChI is InChI=1S/C12H14N4O3S.C4H8/c1-12(4-5-12)15-20(19)7-2-3-9-8(6-7)10(17)16(13)11(18)14-9;1-4-2-3-4/h2-3,6,15H,4-5,13H2,1H3,(H,14,18);4H,2-3H2,1H3. The van der Waals surface area contributed by atoms with Crippen molar-refractivity contribution in [2.24, 2.45) is 5.92 Å². The number of nitrogens with one attached hydrogen (secondary N) is 2. The number of rotatable bonds is 3. The Morgan fingerprint density at radius 2 is 1.96 bits per heavy atom. The highest BCUT2D eigenvalue weighted by atomic mass is 32.2. The Hall–Kier alpha value is -1.93. The van der Waals surface area contributed by atoms with Gasteiger partial charge >= 0.3 is 5.69 Å². The lowest BCUT2D eigenvalue weighted by molar-refractivity contribution is 0.635. The van der Waals surface area contributed by atoms with Gasteiger partial charge in [0.1, 0.15) is 11.0 Å². The Labute approximate surface area is 141 Å². The molecule has 2 aliphatic carbocycles. The zero-order valence-corrected chi connectivity index (χ0v) is 14.6. The molecule has 1 unspecified atom stereocenters. The third-order valence-corrected chi connectivity index (χ3v) is 5.68. The van der Waals surface area contributed by atoms with E-state index in [1.165, 1.54) is 18.9 Å². The van der Waals surface area contributed by atoms with E-state index >= 15 is 0 Å². The van der Waals surface area contributed by atoms with Gasteiger partial charge in [-0.15, -0.1) is 0 Å². The normalized spacial score (nSPS) is 19.4. The van der Waals surface area contributed by atoms with Gasteiger partial charge in [-0.1, -0.05) is 19.8 Å². The van der Waals surface area contributed by atoms with Gasteiger partial charge in [0.15, 0.2) is 0 Å². The minimum atomic E-state index is -1.40. The van der Waals surface area contributed by atoms with Gasteiger partial charge in [-0.2, -0.15) is 4.68 Å². The number of fused-ring (bicyclic) bond motifs is 1. The number of nitrogens with zero attached hydrogens (tertiary/aromatic N) is 1. The van der Waals surface area contributed by atoms with E-state index in [0.717, 1.165) is 18.8 Å². The number of hydrogen-bond acceptors (Lipinski definition) is 4. The van der Waals surface area contributed by atoms with Crippen LogP contribution in [0.3, 0.4) is 0 Å². The number of H-pyrrole nitrogens is 1. The summed E-state index contributed by atoms with van der Waals surface area (Å²) in [5.41, 5.74) is -1.00. The third-order valence-electron chi connectivity index (χ3n) is 4.32. The molecule has 8 heteroatoms. The van der Waals surface area contributed by atoms with E-state index in [1.54, 1.807) is 12.1 Å². The van der Waals surface area contributed by atoms with Crippen molar-refractivity contribution in [2.45, 2.75) is 50.0 Å². The van der Waals surface area contributed by atoms with Crippen LogP contribution < -0.4 is 21.8 Å². The molecule has 2 saturated carbocycles. The number of nitrogen functional groups attached to an aromatic ring is 1. The minimum absolute atomic E-state index is 0.0844. The van der Waals surface area contributed by atoms with Crippen LogP contribution in [0.25, 0.3) is 10.9 Å². The fraction of sp³-hybridized carbons (Fsp3) is 0.500. The molecule has 2 fully saturated rings. The Kier molecular flexibility index (Phi) is 4.35. The van der Waals surface area contributed by atoms with E-state index in [-0.39, 0.29) is 10.9 Å². The Bertz CT molecular complexity index is 910. The number of hydrogen-bond donors (Lipinski definition) is 3. The first-order valence-electron chi connectivity index (χ1n) is 8.03. The summed E-state index contributed by atoms with van der Waals surface area (Å²) in [5, 5.41) is 0.237. The molecule has 4 rings (SSSR count). The molecular formula is C16H22N4O3S. The van der Waals surface area contributed by atoms with Crippen molar-refractivity contribution in [1.29, 1.82) is 0 Å². The summed E-state index contributed by atoms with van der Waals surface area (Å²) in [6.45, 7) is 4.27. The number of benzene rings is 1. The van der Waals surface area contributed by atoms with E-state index in [9.17, 15) is 13.8 Å². The zero-order valence-electron chi connectivity index (χ0n) is 13.8. The van der Waals surface area contributed by atoms with E-state index in [2.05, 4.69) is 16.6 Å². The number of aromatic nitrogens is 2. The smallest absolute Gasteiger partial charge is 0.332 e. The molecule has 24 heavy (non-hydrogen) atoms. The third kappa shape index (κ3) is 3.76. The fourth-order valence-electron chi connectivity index (χ4n) is 2.06. The molecule has 2 aromatic rings. The summed E-state index contributed by atoms with van der Waals surface area (Å²) in [6, 6.07) is 4.67. The van der Waals surface area contributed by atoms with Crippen molar-refractivity contribution < 1.29 is 4.21 Å². The quantitative estimate of drug-likeness (QED) is 0.717. The molecule has 0 radical (unpaired) electrons. The molecule has 0 amide bonds. The highest BCUT2D eigenvalue weighted by Gasteiger charge is 2.38. The van der Waals surface area contributed by atoms with Crippen LogP contribution in [-0.4, -0.2) is 19.4 Å². The molecule has 1 aromatic heterocycles. The molecule has 0 bridgehead atoms. The van der Waals surface area contributed by atoms with Crippen LogP contribution in [0.5, 0.6) is 0 Å². The van der Waals surface area contributed by atoms with E-state index < -0.39 is 22.2 Å². The molecular weight excluding hydrogens is 328 g/mol. The topological polar surface area (TPSA) is 110 Å². The largest absolute Gasteiger partial charge is 0.347 e. The van der Waals surface area contributed by atoms with E-state index in [1.807, 2.05) is 6.92 Å². The van der Waals surface area contributed by atoms with Crippen LogP contribution in [0, 0.1) is 5.92 Å². The van der Waals surface area contributed by atoms with Crippen molar-refractivity contribution in [2.75, 3.05) is 5.84 Å². The van der Waals surface area contributed by atoms with Crippen LogP contribution in [0.1, 0.15) is 39.5 Å². The van der Waals surface area contributed by atoms with Crippen LogP contribution in [0.2, 0.25) is 0 Å². The average molecular weight is 350 g/mol. The maximum absolute atomic E-state index is 12.2. The predicted molar refractivity (Wildman–Crippen MR) is 94.6 cm³/mol. The zero-order chi connectivity index (χ0) is 17.5. The lowest BCUT2D eigenvalue weighted by Crippen LogP contribution is -2.40. The molecule has 4 N–H and O–H groups in total. The van der Waals surface area contributed by atoms with Gasteiger partial charge in [0.2, 0.25) is 0 Å². The first-order valence-corrected chi connectivity index (χ1v) is 9.18. The number of nitrogens with two attached hydrogens (primary N) is 1. The summed E-state index contributed by atoms with van der Waals surface area (Å²) in [5.74, 6) is 6.44. The SMILES string of the molecule is CC1(NS(=O)c2ccc3[nH]c(=O)n(N)c(=O)c3c2)CC1.CC1CC1. The van der Waals surface area contributed by atoms with E-state index in [0.29, 0.717) is 15.1 Å². The second-order valence-corrected chi connectivity index (χ2v) is 8.14. The molecule has 1 aromatic carbocycles. The molecule has 7 nitrogen and oxygen atoms in total. The Morgan fingerprint density at radius 3 is 2.50 bits per heavy atom. The lowest BCUT2D eigenvalue weighted by atomic mass is 10.2. The van der Waals surface area contributed by atoms with Gasteiger partial charge in [-0.05, 0) is 43.9 Å². The monoisotopic (exact) mass is 350 g/mol. The Morgan fingerprint density at radius 1 is 1.33 bits per heavy atom. The van der Waals surface area contributed by atoms with E-state index in [4.69, 9.17) is 5.84 Å². The van der Waals surface area contributed by atoms with Crippen molar-refractivity contribution in [3.63, 3.8) is 0 Å². The first-order chi connectivity index (χ1) is 11.3. The molecule has 0 spiro atoms. The van der Waals surface area contributed by atoms with Crippen LogP contribution >= 0.6 is 0 Å². The number of aromatic amines is 1. The van der Waals surface area contributed by atoms with Crippen molar-refractivity contribution >= 4 is 21.9 Å². The molecule has 1 atom stereocenters. The van der Waals surface area contributed by atoms with Crippen molar-refractivity contribution in [3.8, 4) is 0 Å². The van der Waals surface area contributed by atoms with Gasteiger partial charge in [-0.25, -0.2) is 13.7 Å². The lowest BCUT2D eigenvalue weighted by Gasteiger charge is -2.11. The second-order valence-electron chi connectivity index (χ2n) is 6.93. The van der Waals surface area contributed by atoms with Crippen LogP contribution in [0.15, 0.2) is 32.7 Å². The van der Waals surface area contributed by atoms with Gasteiger partial charge < -0.3 is 10.8 Å². The molecule has 2 aliphatic rings. The fourth-order valence-corrected chi connectivity index (χ4v) is 3.25. The highest BCUT2D eigenvalue weighted by Crippen LogP contribution is 2.35. The molecule has 130 valence electrons. The van der Waals surface area contributed by atoms with Crippen LogP contribution in [-0.2, 0) is 11.0 Å². The maximum atomic E-state index is 12.2. The summed E-state index contributed by atoms with van der Waals surface area (Å²) in [4.78, 5) is 26.3. The molecule has 0 saturated heterocycles. The first kappa shape index (κ1) is 16.9. The summed E-state index contributed by atoms with van der Waals surface area (Å²) < 4.78 is 15.7. The van der Waals surface area contributed by atoms with Gasteiger partial charge in [0.25, 0.3) is 5.56 Å². The summed E-state index contributed by atoms with van der Waals surface area (Å²) >= 11 is 0. The summed E-state index contributed by atoms with van der Waals surface area (Å²) in [6.07, 6.45) is 4.94. The second kappa shape index (κ2) is 6.18. The van der Waals surface area contributed by atoms with Gasteiger partial charge in [0.05, 0.1) is 15.8 Å². The minimum Gasteiger partial charge on any atom is -0.332 e. The highest BCUT2D eigenvalue weighted by molar-refractivity contribution is 7.83.